The van der Waals surface area contributed by atoms with Crippen LogP contribution in [0.25, 0.3) is 11.1 Å². The van der Waals surface area contributed by atoms with E-state index in [0.29, 0.717) is 23.7 Å². The molecule has 0 saturated carbocycles. The zero-order valence-electron chi connectivity index (χ0n) is 24.1. The number of benzene rings is 1. The number of nitrogens with one attached hydrogen (secondary N) is 2. The van der Waals surface area contributed by atoms with E-state index >= 15 is 0 Å². The highest BCUT2D eigenvalue weighted by atomic mass is 32.2. The van der Waals surface area contributed by atoms with Crippen LogP contribution in [-0.4, -0.2) is 22.5 Å². The highest BCUT2D eigenvalue weighted by Gasteiger charge is 2.22. The van der Waals surface area contributed by atoms with Gasteiger partial charge in [0.05, 0.1) is 11.6 Å². The maximum absolute atomic E-state index is 13.1. The first-order chi connectivity index (χ1) is 19.4. The van der Waals surface area contributed by atoms with Crippen LogP contribution in [-0.2, 0) is 13.0 Å². The monoisotopic (exact) mass is 556 g/mol. The van der Waals surface area contributed by atoms with Gasteiger partial charge in [0.2, 0.25) is 0 Å². The number of hydrogen-bond acceptors (Lipinski definition) is 6. The summed E-state index contributed by atoms with van der Waals surface area (Å²) in [6, 6.07) is 11.7. The molecule has 2 N–H and O–H groups in total. The second-order valence-corrected chi connectivity index (χ2v) is 11.4. The van der Waals surface area contributed by atoms with Crippen molar-refractivity contribution >= 4 is 23.5 Å². The third-order valence-electron chi connectivity index (χ3n) is 6.94. The molecule has 1 aliphatic rings. The lowest BCUT2D eigenvalue weighted by atomic mass is 10.0. The Bertz CT molecular complexity index is 1400. The Morgan fingerprint density at radius 2 is 1.98 bits per heavy atom. The number of thioether (sulfide) groups is 1. The average molecular weight is 557 g/mol. The zero-order chi connectivity index (χ0) is 28.5. The fourth-order valence-electron chi connectivity index (χ4n) is 4.84. The van der Waals surface area contributed by atoms with Crippen molar-refractivity contribution in [1.82, 2.24) is 15.3 Å². The second kappa shape index (κ2) is 14.2. The number of carbonyl (C=O) groups excluding carboxylic acids is 1. The quantitative estimate of drug-likeness (QED) is 0.221. The summed E-state index contributed by atoms with van der Waals surface area (Å²) in [5, 5.41) is 7.13. The van der Waals surface area contributed by atoms with E-state index in [1.807, 2.05) is 55.7 Å². The molecule has 0 aliphatic carbocycles. The van der Waals surface area contributed by atoms with Crippen LogP contribution in [0, 0.1) is 6.92 Å². The number of nitrogens with zero attached hydrogens (tertiary/aromatic N) is 2. The lowest BCUT2D eigenvalue weighted by molar-refractivity contribution is 0.0969. The number of aryl methyl sites for hydroxylation is 1. The van der Waals surface area contributed by atoms with Crippen molar-refractivity contribution in [3.63, 3.8) is 0 Å². The predicted molar refractivity (Wildman–Crippen MR) is 167 cm³/mol. The predicted octanol–water partition coefficient (Wildman–Crippen LogP) is 8.20. The van der Waals surface area contributed by atoms with Gasteiger partial charge in [-0.1, -0.05) is 62.7 Å². The molecule has 1 amide bonds. The molecule has 40 heavy (non-hydrogen) atoms. The fourth-order valence-corrected chi connectivity index (χ4v) is 5.81. The topological polar surface area (TPSA) is 76.1 Å². The van der Waals surface area contributed by atoms with Crippen LogP contribution in [0.15, 0.2) is 70.9 Å². The number of carbonyl (C=O) groups is 1. The molecule has 0 atom stereocenters. The molecule has 0 unspecified atom stereocenters. The van der Waals surface area contributed by atoms with Crippen molar-refractivity contribution in [2.24, 2.45) is 0 Å². The molecule has 0 radical (unpaired) electrons. The Labute approximate surface area is 242 Å². The summed E-state index contributed by atoms with van der Waals surface area (Å²) >= 11 is 1.60. The minimum Gasteiger partial charge on any atom is -0.492 e. The number of rotatable bonds is 13. The van der Waals surface area contributed by atoms with Gasteiger partial charge in [0.1, 0.15) is 11.6 Å². The van der Waals surface area contributed by atoms with E-state index in [2.05, 4.69) is 43.0 Å². The smallest absolute Gasteiger partial charge is 0.256 e. The van der Waals surface area contributed by atoms with E-state index in [0.717, 1.165) is 78.0 Å². The summed E-state index contributed by atoms with van der Waals surface area (Å²) in [6.45, 7) is 13.9. The maximum Gasteiger partial charge on any atom is 0.256 e. The highest BCUT2D eigenvalue weighted by molar-refractivity contribution is 8.06. The van der Waals surface area contributed by atoms with Crippen LogP contribution in [0.3, 0.4) is 0 Å². The summed E-state index contributed by atoms with van der Waals surface area (Å²) < 4.78 is 6.01. The summed E-state index contributed by atoms with van der Waals surface area (Å²) in [4.78, 5) is 23.4. The molecule has 3 aromatic rings. The van der Waals surface area contributed by atoms with E-state index in [9.17, 15) is 4.79 Å². The standard InChI is InChI=1S/C33H40N4O2S/c1-6-8-13-30(22(3)10-7-2)40-24(5)37-33(38)27-12-9-11-25(19-27)20-35-32-28-15-17-39-31(28)29(21-36-32)26-14-16-34-23(4)18-26/h9,11-12,14,16,18-19,21H,5-8,10,13,15,17,20H2,1-4H3,(H,35,36)(H,37,38)/b30-22+. The largest absolute Gasteiger partial charge is 0.492 e. The second-order valence-electron chi connectivity index (χ2n) is 10.2. The first kappa shape index (κ1) is 29.4. The van der Waals surface area contributed by atoms with E-state index in [1.165, 1.54) is 10.5 Å². The van der Waals surface area contributed by atoms with E-state index in [1.54, 1.807) is 11.8 Å². The molecule has 1 aromatic carbocycles. The Morgan fingerprint density at radius 3 is 2.75 bits per heavy atom. The summed E-state index contributed by atoms with van der Waals surface area (Å²) in [5.41, 5.74) is 7.07. The summed E-state index contributed by atoms with van der Waals surface area (Å²) in [5.74, 6) is 1.55. The fraction of sp³-hybridized carbons (Fsp3) is 0.364. The summed E-state index contributed by atoms with van der Waals surface area (Å²) in [7, 11) is 0. The Balaban J connectivity index is 1.41. The van der Waals surface area contributed by atoms with Gasteiger partial charge in [-0.2, -0.15) is 0 Å². The van der Waals surface area contributed by atoms with E-state index in [4.69, 9.17) is 9.72 Å². The van der Waals surface area contributed by atoms with Gasteiger partial charge < -0.3 is 15.4 Å². The van der Waals surface area contributed by atoms with Gasteiger partial charge in [0.15, 0.2) is 0 Å². The lowest BCUT2D eigenvalue weighted by Gasteiger charge is -2.15. The van der Waals surface area contributed by atoms with Crippen molar-refractivity contribution in [3.05, 3.63) is 93.3 Å². The number of aromatic nitrogens is 2. The van der Waals surface area contributed by atoms with Crippen molar-refractivity contribution in [2.45, 2.75) is 72.8 Å². The average Bonchev–Trinajstić information content (AvgIpc) is 3.44. The lowest BCUT2D eigenvalue weighted by Crippen LogP contribution is -2.21. The molecule has 0 spiro atoms. The number of unbranched alkanes of at least 4 members (excludes halogenated alkanes) is 1. The number of allylic oxidation sites excluding steroid dienone is 2. The first-order valence-corrected chi connectivity index (χ1v) is 15.0. The van der Waals surface area contributed by atoms with Crippen molar-refractivity contribution < 1.29 is 9.53 Å². The SMILES string of the molecule is C=C(NC(=O)c1cccc(CNc2ncc(-c3ccnc(C)c3)c3c2CCO3)c1)S/C(CCCC)=C(\C)CCC. The first-order valence-electron chi connectivity index (χ1n) is 14.2. The van der Waals surface area contributed by atoms with Gasteiger partial charge in [0.25, 0.3) is 5.91 Å². The van der Waals surface area contributed by atoms with Gasteiger partial charge in [-0.25, -0.2) is 4.98 Å². The molecule has 4 rings (SSSR count). The van der Waals surface area contributed by atoms with Crippen LogP contribution in [0.1, 0.15) is 80.1 Å². The normalized spacial score (nSPS) is 12.8. The number of fused-ring (bicyclic) bond motifs is 1. The van der Waals surface area contributed by atoms with Crippen molar-refractivity contribution in [1.29, 1.82) is 0 Å². The maximum atomic E-state index is 13.1. The van der Waals surface area contributed by atoms with Gasteiger partial charge >= 0.3 is 0 Å². The highest BCUT2D eigenvalue weighted by Crippen LogP contribution is 2.39. The van der Waals surface area contributed by atoms with E-state index in [-0.39, 0.29) is 5.91 Å². The number of anilines is 1. The molecule has 0 fully saturated rings. The molecule has 1 aliphatic heterocycles. The summed E-state index contributed by atoms with van der Waals surface area (Å²) in [6.07, 6.45) is 9.95. The van der Waals surface area contributed by atoms with Crippen LogP contribution in [0.5, 0.6) is 5.75 Å². The van der Waals surface area contributed by atoms with E-state index < -0.39 is 0 Å². The zero-order valence-corrected chi connectivity index (χ0v) is 24.9. The van der Waals surface area contributed by atoms with Crippen molar-refractivity contribution in [2.75, 3.05) is 11.9 Å². The molecule has 0 saturated heterocycles. The molecule has 6 nitrogen and oxygen atoms in total. The third kappa shape index (κ3) is 7.54. The Morgan fingerprint density at radius 1 is 1.12 bits per heavy atom. The molecule has 7 heteroatoms. The Kier molecular flexibility index (Phi) is 10.4. The Hall–Kier alpha value is -3.58. The number of hydrogen-bond donors (Lipinski definition) is 2. The molecule has 210 valence electrons. The minimum atomic E-state index is -0.147. The third-order valence-corrected chi connectivity index (χ3v) is 8.09. The molecule has 0 bridgehead atoms. The van der Waals surface area contributed by atoms with Gasteiger partial charge in [-0.15, -0.1) is 0 Å². The van der Waals surface area contributed by atoms with Crippen LogP contribution in [0.4, 0.5) is 5.82 Å². The molecular formula is C33H40N4O2S. The van der Waals surface area contributed by atoms with Crippen LogP contribution < -0.4 is 15.4 Å². The minimum absolute atomic E-state index is 0.147. The number of pyridine rings is 2. The van der Waals surface area contributed by atoms with Crippen LogP contribution >= 0.6 is 11.8 Å². The van der Waals surface area contributed by atoms with Gasteiger partial charge in [-0.05, 0) is 73.4 Å². The molecule has 3 heterocycles. The van der Waals surface area contributed by atoms with Gasteiger partial charge in [0, 0.05) is 47.7 Å². The van der Waals surface area contributed by atoms with Crippen molar-refractivity contribution in [3.8, 4) is 16.9 Å². The molecular weight excluding hydrogens is 516 g/mol. The number of amides is 1. The molecule has 2 aromatic heterocycles. The number of ether oxygens (including phenoxy) is 1. The van der Waals surface area contributed by atoms with Gasteiger partial charge in [-0.3, -0.25) is 9.78 Å². The van der Waals surface area contributed by atoms with Crippen LogP contribution in [0.2, 0.25) is 0 Å².